The zero-order valence-electron chi connectivity index (χ0n) is 55.4. The fourth-order valence-corrected chi connectivity index (χ4v) is 14.8. The van der Waals surface area contributed by atoms with Crippen LogP contribution in [-0.2, 0) is 23.7 Å². The number of unbranched alkanes of at least 4 members (excludes halogenated alkanes) is 4. The van der Waals surface area contributed by atoms with Crippen LogP contribution in [0.25, 0.3) is 67.8 Å². The van der Waals surface area contributed by atoms with E-state index in [2.05, 4.69) is 355 Å². The summed E-state index contributed by atoms with van der Waals surface area (Å²) in [6.07, 6.45) is 18.1. The van der Waals surface area contributed by atoms with Gasteiger partial charge in [-0.3, -0.25) is 0 Å². The first kappa shape index (κ1) is 61.2. The lowest BCUT2D eigenvalue weighted by Crippen LogP contribution is -2.31. The largest absolute Gasteiger partial charge is 0.311 e. The third kappa shape index (κ3) is 12.3. The van der Waals surface area contributed by atoms with Gasteiger partial charge in [0.05, 0.1) is 0 Å². The van der Waals surface area contributed by atoms with Gasteiger partial charge in [0, 0.05) is 45.0 Å². The van der Waals surface area contributed by atoms with Crippen molar-refractivity contribution in [2.45, 2.75) is 104 Å². The maximum Gasteiger partial charge on any atom is 0.0462 e. The van der Waals surface area contributed by atoms with Gasteiger partial charge < -0.3 is 9.80 Å². The topological polar surface area (TPSA) is 6.48 Å². The van der Waals surface area contributed by atoms with Crippen molar-refractivity contribution < 1.29 is 0 Å². The molecule has 0 bridgehead atoms. The molecule has 462 valence electrons. The molecule has 0 N–H and O–H groups in total. The highest BCUT2D eigenvalue weighted by Crippen LogP contribution is 2.55. The second kappa shape index (κ2) is 26.7. The molecule has 0 spiro atoms. The van der Waals surface area contributed by atoms with Crippen LogP contribution in [0.4, 0.5) is 34.1 Å². The highest BCUT2D eigenvalue weighted by Gasteiger charge is 2.44. The average Bonchev–Trinajstić information content (AvgIpc) is 1.57. The predicted molar refractivity (Wildman–Crippen MR) is 403 cm³/mol. The van der Waals surface area contributed by atoms with Gasteiger partial charge in [-0.15, -0.1) is 0 Å². The quantitative estimate of drug-likeness (QED) is 0.0662. The lowest BCUT2D eigenvalue weighted by atomic mass is 9.69. The lowest BCUT2D eigenvalue weighted by Gasteiger charge is -2.33. The normalized spacial score (nSPS) is 14.2. The van der Waals surface area contributed by atoms with Crippen LogP contribution >= 0.6 is 0 Å². The molecular weight excluding hydrogens is 1130 g/mol. The molecule has 0 amide bonds. The minimum Gasteiger partial charge on any atom is -0.311 e. The Bertz CT molecular complexity index is 4600. The second-order valence-electron chi connectivity index (χ2n) is 26.8. The van der Waals surface area contributed by atoms with Crippen molar-refractivity contribution in [2.75, 3.05) is 9.80 Å². The van der Waals surface area contributed by atoms with Crippen molar-refractivity contribution in [3.8, 4) is 55.6 Å². The summed E-state index contributed by atoms with van der Waals surface area (Å²) < 4.78 is 0. The van der Waals surface area contributed by atoms with Gasteiger partial charge in [-0.1, -0.05) is 277 Å². The van der Waals surface area contributed by atoms with Crippen molar-refractivity contribution in [1.82, 2.24) is 0 Å². The van der Waals surface area contributed by atoms with Gasteiger partial charge in [0.1, 0.15) is 0 Å². The van der Waals surface area contributed by atoms with Gasteiger partial charge in [-0.05, 0) is 231 Å². The molecule has 0 unspecified atom stereocenters. The van der Waals surface area contributed by atoms with Crippen LogP contribution in [0.3, 0.4) is 0 Å². The van der Waals surface area contributed by atoms with E-state index in [1.807, 2.05) is 0 Å². The molecule has 12 aromatic rings. The number of rotatable bonds is 21. The van der Waals surface area contributed by atoms with E-state index in [0.29, 0.717) is 0 Å². The molecule has 12 aromatic carbocycles. The fourth-order valence-electron chi connectivity index (χ4n) is 14.8. The van der Waals surface area contributed by atoms with Crippen molar-refractivity contribution in [3.05, 3.63) is 347 Å². The number of para-hydroxylation sites is 2. The van der Waals surface area contributed by atoms with E-state index in [1.54, 1.807) is 0 Å². The molecular formula is C92H84N2. The Hall–Kier alpha value is -10.3. The van der Waals surface area contributed by atoms with Crippen LogP contribution in [0.2, 0.25) is 0 Å². The summed E-state index contributed by atoms with van der Waals surface area (Å²) in [5, 5.41) is 0. The predicted octanol–water partition coefficient (Wildman–Crippen LogP) is 25.7. The van der Waals surface area contributed by atoms with Crippen LogP contribution in [0.5, 0.6) is 0 Å². The van der Waals surface area contributed by atoms with Crippen LogP contribution in [0.1, 0.15) is 122 Å². The molecule has 94 heavy (non-hydrogen) atoms. The van der Waals surface area contributed by atoms with Crippen LogP contribution in [0, 0.1) is 13.8 Å². The van der Waals surface area contributed by atoms with Gasteiger partial charge in [-0.25, -0.2) is 0 Å². The first-order valence-corrected chi connectivity index (χ1v) is 34.2. The first-order chi connectivity index (χ1) is 46.0. The first-order valence-electron chi connectivity index (χ1n) is 34.2. The summed E-state index contributed by atoms with van der Waals surface area (Å²) in [5.74, 6) is 0. The Morgan fingerprint density at radius 1 is 0.309 bits per heavy atom. The molecule has 2 aliphatic carbocycles. The highest BCUT2D eigenvalue weighted by atomic mass is 15.1. The zero-order valence-corrected chi connectivity index (χ0v) is 55.4. The van der Waals surface area contributed by atoms with E-state index in [9.17, 15) is 0 Å². The number of benzene rings is 12. The van der Waals surface area contributed by atoms with E-state index in [-0.39, 0.29) is 10.8 Å². The molecule has 2 nitrogen and oxygen atoms in total. The number of hydrogen-bond acceptors (Lipinski definition) is 2. The van der Waals surface area contributed by atoms with Gasteiger partial charge in [0.2, 0.25) is 0 Å². The number of allylic oxidation sites excluding steroid dienone is 2. The smallest absolute Gasteiger partial charge is 0.0462 e. The van der Waals surface area contributed by atoms with E-state index < -0.39 is 0 Å². The van der Waals surface area contributed by atoms with Gasteiger partial charge in [0.15, 0.2) is 0 Å². The molecule has 0 saturated heterocycles. The standard InChI is InChI=1S/C92H84N2/c1-7-9-11-15-21-67-30-34-69(35-31-67)63-92(64-70-36-32-68(33-37-70)22-16-12-10-8-2)89-59-66(4)29-55-85(89)86-58-46-76(62-90(86)92)73-42-53-82(54-43-73)94(78-25-19-14-20-26-78)81-51-40-72(41-52-81)75-45-57-84-83-56-44-74(60-87(83)91(5,6)88(84)61-75)71-38-49-80(50-39-71)93(77-23-17-13-18-24-77)79-47-27-65(3)28-48-79/h13-62H,7-12,63-64H2,1-6H3. The number of aryl methyl sites for hydroxylation is 2. The fraction of sp³-hybridized carbons (Fsp3) is 0.174. The van der Waals surface area contributed by atoms with E-state index in [4.69, 9.17) is 0 Å². The molecule has 0 saturated carbocycles. The Morgan fingerprint density at radius 3 is 1.02 bits per heavy atom. The van der Waals surface area contributed by atoms with Crippen LogP contribution in [0.15, 0.2) is 291 Å². The molecule has 2 heteroatoms. The number of hydrogen-bond donors (Lipinski definition) is 0. The summed E-state index contributed by atoms with van der Waals surface area (Å²) >= 11 is 0. The maximum absolute atomic E-state index is 2.53. The summed E-state index contributed by atoms with van der Waals surface area (Å²) in [4.78, 5) is 4.71. The summed E-state index contributed by atoms with van der Waals surface area (Å²) in [6.45, 7) is 13.7. The van der Waals surface area contributed by atoms with Crippen LogP contribution < -0.4 is 9.80 Å². The zero-order chi connectivity index (χ0) is 64.2. The van der Waals surface area contributed by atoms with Gasteiger partial charge >= 0.3 is 0 Å². The van der Waals surface area contributed by atoms with Crippen molar-refractivity contribution >= 4 is 46.3 Å². The molecule has 0 heterocycles. The second-order valence-corrected chi connectivity index (χ2v) is 26.8. The molecule has 0 aromatic heterocycles. The van der Waals surface area contributed by atoms with E-state index in [1.165, 1.54) is 137 Å². The minimum absolute atomic E-state index is 0.189. The highest BCUT2D eigenvalue weighted by molar-refractivity contribution is 5.89. The third-order valence-corrected chi connectivity index (χ3v) is 19.9. The Morgan fingerprint density at radius 2 is 0.628 bits per heavy atom. The van der Waals surface area contributed by atoms with Crippen LogP contribution in [-0.4, -0.2) is 0 Å². The Balaban J connectivity index is 0.743. The number of fused-ring (bicyclic) bond motifs is 6. The number of nitrogens with zero attached hydrogens (tertiary/aromatic N) is 2. The number of anilines is 6. The van der Waals surface area contributed by atoms with E-state index in [0.717, 1.165) is 59.8 Å². The monoisotopic (exact) mass is 1220 g/mol. The third-order valence-electron chi connectivity index (χ3n) is 19.9. The summed E-state index contributed by atoms with van der Waals surface area (Å²) in [7, 11) is 0. The summed E-state index contributed by atoms with van der Waals surface area (Å²) in [6, 6.07) is 105. The van der Waals surface area contributed by atoms with Crippen molar-refractivity contribution in [2.24, 2.45) is 0 Å². The molecule has 0 atom stereocenters. The molecule has 0 fully saturated rings. The Labute approximate surface area is 558 Å². The van der Waals surface area contributed by atoms with Gasteiger partial charge in [0.25, 0.3) is 0 Å². The van der Waals surface area contributed by atoms with Gasteiger partial charge in [-0.2, -0.15) is 0 Å². The molecule has 2 aliphatic rings. The molecule has 0 radical (unpaired) electrons. The summed E-state index contributed by atoms with van der Waals surface area (Å²) in [5.41, 5.74) is 32.2. The van der Waals surface area contributed by atoms with Crippen molar-refractivity contribution in [3.63, 3.8) is 0 Å². The Kier molecular flexibility index (Phi) is 17.4. The average molecular weight is 1220 g/mol. The van der Waals surface area contributed by atoms with E-state index >= 15 is 0 Å². The van der Waals surface area contributed by atoms with Crippen molar-refractivity contribution in [1.29, 1.82) is 0 Å². The molecule has 0 aliphatic heterocycles. The molecule has 14 rings (SSSR count). The maximum atomic E-state index is 2.53. The lowest BCUT2D eigenvalue weighted by molar-refractivity contribution is 0.520. The minimum atomic E-state index is -0.296. The SMILES string of the molecule is CCCCC=Cc1ccc(CC2(Cc3ccc(C=CCCCC)cc3)c3cc(C)ccc3-c3ccc(-c4ccc(N(c5ccccc5)c5ccc(-c6ccc7c(c6)C(C)(C)c6cc(-c8ccc(N(c9ccccc9)c9ccc(C)cc9)cc8)ccc6-7)cc5)cc4)cc32)cc1.